The molecule has 0 aromatic heterocycles. The highest BCUT2D eigenvalue weighted by Gasteiger charge is 2.51. The topological polar surface area (TPSA) is 76.7 Å². The van der Waals surface area contributed by atoms with E-state index in [1.54, 1.807) is 18.2 Å². The Kier molecular flexibility index (Phi) is 5.64. The second-order valence-electron chi connectivity index (χ2n) is 6.57. The minimum absolute atomic E-state index is 0.197. The van der Waals surface area contributed by atoms with E-state index >= 15 is 0 Å². The minimum Gasteiger partial charge on any atom is -0.493 e. The molecule has 1 aliphatic carbocycles. The molecular weight excluding hydrogens is 344 g/mol. The van der Waals surface area contributed by atoms with Crippen molar-refractivity contribution < 1.29 is 19.1 Å². The third kappa shape index (κ3) is 4.05. The molecule has 2 aromatic carbocycles. The standard InChI is InChI=1S/C21H24N2O4/c1-3-13-27-17-10-9-15(14-18(17)26-2)19(24)22-23-20(25)21(11-12-21)16-7-5-4-6-8-16/h4-10,14H,3,11-13H2,1-2H3,(H,22,24)(H,23,25). The van der Waals surface area contributed by atoms with Crippen molar-refractivity contribution in [2.24, 2.45) is 0 Å². The number of hydrogen-bond donors (Lipinski definition) is 2. The van der Waals surface area contributed by atoms with Crippen LogP contribution in [0, 0.1) is 0 Å². The Balaban J connectivity index is 1.63. The van der Waals surface area contributed by atoms with E-state index in [4.69, 9.17) is 9.47 Å². The lowest BCUT2D eigenvalue weighted by Crippen LogP contribution is -2.46. The summed E-state index contributed by atoms with van der Waals surface area (Å²) in [6.45, 7) is 2.58. The van der Waals surface area contributed by atoms with E-state index in [1.807, 2.05) is 37.3 Å². The average molecular weight is 368 g/mol. The van der Waals surface area contributed by atoms with Crippen LogP contribution in [0.25, 0.3) is 0 Å². The van der Waals surface area contributed by atoms with E-state index in [0.29, 0.717) is 23.7 Å². The first-order valence-electron chi connectivity index (χ1n) is 9.08. The summed E-state index contributed by atoms with van der Waals surface area (Å²) in [6, 6.07) is 14.5. The van der Waals surface area contributed by atoms with Crippen molar-refractivity contribution in [1.82, 2.24) is 10.9 Å². The number of hydrogen-bond acceptors (Lipinski definition) is 4. The molecule has 2 amide bonds. The normalized spacial score (nSPS) is 14.1. The number of rotatable bonds is 7. The predicted octanol–water partition coefficient (Wildman–Crippen LogP) is 2.98. The first-order valence-corrected chi connectivity index (χ1v) is 9.08. The Bertz CT molecular complexity index is 816. The second-order valence-corrected chi connectivity index (χ2v) is 6.57. The van der Waals surface area contributed by atoms with Gasteiger partial charge >= 0.3 is 0 Å². The zero-order valence-corrected chi connectivity index (χ0v) is 15.6. The monoisotopic (exact) mass is 368 g/mol. The van der Waals surface area contributed by atoms with Gasteiger partial charge in [0.15, 0.2) is 11.5 Å². The van der Waals surface area contributed by atoms with Crippen molar-refractivity contribution in [3.8, 4) is 11.5 Å². The fourth-order valence-electron chi connectivity index (χ4n) is 2.97. The number of carbonyl (C=O) groups excluding carboxylic acids is 2. The lowest BCUT2D eigenvalue weighted by molar-refractivity contribution is -0.124. The van der Waals surface area contributed by atoms with Gasteiger partial charge in [-0.25, -0.2) is 0 Å². The summed E-state index contributed by atoms with van der Waals surface area (Å²) in [5, 5.41) is 0. The fourth-order valence-corrected chi connectivity index (χ4v) is 2.97. The van der Waals surface area contributed by atoms with Crippen molar-refractivity contribution in [2.45, 2.75) is 31.6 Å². The van der Waals surface area contributed by atoms with Crippen molar-refractivity contribution in [2.75, 3.05) is 13.7 Å². The molecule has 0 saturated heterocycles. The third-order valence-electron chi connectivity index (χ3n) is 4.69. The summed E-state index contributed by atoms with van der Waals surface area (Å²) < 4.78 is 10.9. The molecule has 0 aliphatic heterocycles. The van der Waals surface area contributed by atoms with E-state index in [-0.39, 0.29) is 5.91 Å². The van der Waals surface area contributed by atoms with E-state index in [2.05, 4.69) is 10.9 Å². The molecule has 2 N–H and O–H groups in total. The van der Waals surface area contributed by atoms with Crippen molar-refractivity contribution >= 4 is 11.8 Å². The van der Waals surface area contributed by atoms with Crippen LogP contribution in [0.3, 0.4) is 0 Å². The average Bonchev–Trinajstić information content (AvgIpc) is 3.53. The Morgan fingerprint density at radius 3 is 2.41 bits per heavy atom. The van der Waals surface area contributed by atoms with Gasteiger partial charge in [0.1, 0.15) is 0 Å². The lowest BCUT2D eigenvalue weighted by atomic mass is 9.95. The van der Waals surface area contributed by atoms with Gasteiger partial charge in [-0.1, -0.05) is 37.3 Å². The molecule has 0 radical (unpaired) electrons. The molecule has 1 fully saturated rings. The van der Waals surface area contributed by atoms with Crippen molar-refractivity contribution in [3.05, 3.63) is 59.7 Å². The molecule has 6 nitrogen and oxygen atoms in total. The van der Waals surface area contributed by atoms with Gasteiger partial charge in [-0.05, 0) is 43.0 Å². The number of nitrogens with one attached hydrogen (secondary N) is 2. The van der Waals surface area contributed by atoms with Gasteiger partial charge in [0.25, 0.3) is 5.91 Å². The van der Waals surface area contributed by atoms with Crippen LogP contribution >= 0.6 is 0 Å². The van der Waals surface area contributed by atoms with Crippen LogP contribution < -0.4 is 20.3 Å². The maximum Gasteiger partial charge on any atom is 0.269 e. The molecule has 142 valence electrons. The number of carbonyl (C=O) groups is 2. The highest BCUT2D eigenvalue weighted by molar-refractivity contribution is 5.98. The summed E-state index contributed by atoms with van der Waals surface area (Å²) in [6.07, 6.45) is 2.42. The van der Waals surface area contributed by atoms with E-state index in [1.165, 1.54) is 7.11 Å². The van der Waals surface area contributed by atoms with Gasteiger partial charge in [0.05, 0.1) is 19.1 Å². The van der Waals surface area contributed by atoms with Gasteiger partial charge in [0.2, 0.25) is 5.91 Å². The van der Waals surface area contributed by atoms with Gasteiger partial charge in [-0.3, -0.25) is 20.4 Å². The highest BCUT2D eigenvalue weighted by atomic mass is 16.5. The van der Waals surface area contributed by atoms with E-state index < -0.39 is 11.3 Å². The molecule has 0 unspecified atom stereocenters. The van der Waals surface area contributed by atoms with E-state index in [9.17, 15) is 9.59 Å². The van der Waals surface area contributed by atoms with Crippen LogP contribution in [0.15, 0.2) is 48.5 Å². The largest absolute Gasteiger partial charge is 0.493 e. The van der Waals surface area contributed by atoms with Crippen LogP contribution in [-0.2, 0) is 10.2 Å². The van der Waals surface area contributed by atoms with Crippen LogP contribution in [0.2, 0.25) is 0 Å². The lowest BCUT2D eigenvalue weighted by Gasteiger charge is -2.16. The quantitative estimate of drug-likeness (QED) is 0.737. The molecule has 27 heavy (non-hydrogen) atoms. The molecule has 1 aliphatic rings. The maximum atomic E-state index is 12.6. The summed E-state index contributed by atoms with van der Waals surface area (Å²) in [4.78, 5) is 25.0. The molecule has 1 saturated carbocycles. The number of hydrazine groups is 1. The molecule has 3 rings (SSSR count). The number of methoxy groups -OCH3 is 1. The predicted molar refractivity (Wildman–Crippen MR) is 102 cm³/mol. The number of ether oxygens (including phenoxy) is 2. The fraction of sp³-hybridized carbons (Fsp3) is 0.333. The van der Waals surface area contributed by atoms with Gasteiger partial charge < -0.3 is 9.47 Å². The van der Waals surface area contributed by atoms with Gasteiger partial charge in [-0.15, -0.1) is 0 Å². The second kappa shape index (κ2) is 8.12. The number of amides is 2. The Labute approximate surface area is 158 Å². The Hall–Kier alpha value is -3.02. The molecule has 0 bridgehead atoms. The van der Waals surface area contributed by atoms with Crippen molar-refractivity contribution in [3.63, 3.8) is 0 Å². The third-order valence-corrected chi connectivity index (χ3v) is 4.69. The molecular formula is C21H24N2O4. The number of benzene rings is 2. The molecule has 6 heteroatoms. The Morgan fingerprint density at radius 2 is 1.78 bits per heavy atom. The van der Waals surface area contributed by atoms with Crippen molar-refractivity contribution in [1.29, 1.82) is 0 Å². The first-order chi connectivity index (χ1) is 13.1. The summed E-state index contributed by atoms with van der Waals surface area (Å²) in [5.74, 6) is 0.454. The van der Waals surface area contributed by atoms with E-state index in [0.717, 1.165) is 24.8 Å². The SMILES string of the molecule is CCCOc1ccc(C(=O)NNC(=O)C2(c3ccccc3)CC2)cc1OC. The Morgan fingerprint density at radius 1 is 1.04 bits per heavy atom. The molecule has 0 spiro atoms. The summed E-state index contributed by atoms with van der Waals surface area (Å²) in [7, 11) is 1.52. The first kappa shape index (κ1) is 18.8. The zero-order valence-electron chi connectivity index (χ0n) is 15.6. The van der Waals surface area contributed by atoms with Crippen LogP contribution in [-0.4, -0.2) is 25.5 Å². The zero-order chi connectivity index (χ0) is 19.3. The molecule has 0 atom stereocenters. The van der Waals surface area contributed by atoms with Crippen LogP contribution in [0.4, 0.5) is 0 Å². The van der Waals surface area contributed by atoms with Gasteiger partial charge in [-0.2, -0.15) is 0 Å². The smallest absolute Gasteiger partial charge is 0.269 e. The van der Waals surface area contributed by atoms with Gasteiger partial charge in [0, 0.05) is 5.56 Å². The molecule has 0 heterocycles. The van der Waals surface area contributed by atoms with Crippen LogP contribution in [0.5, 0.6) is 11.5 Å². The summed E-state index contributed by atoms with van der Waals surface area (Å²) in [5.41, 5.74) is 5.86. The summed E-state index contributed by atoms with van der Waals surface area (Å²) >= 11 is 0. The minimum atomic E-state index is -0.538. The molecule has 2 aromatic rings. The maximum absolute atomic E-state index is 12.6. The highest BCUT2D eigenvalue weighted by Crippen LogP contribution is 2.48. The van der Waals surface area contributed by atoms with Crippen LogP contribution in [0.1, 0.15) is 42.1 Å².